The molecule has 1 fully saturated rings. The van der Waals surface area contributed by atoms with Crippen LogP contribution in [0, 0.1) is 12.7 Å². The molecule has 0 aromatic heterocycles. The van der Waals surface area contributed by atoms with Crippen molar-refractivity contribution in [1.29, 1.82) is 0 Å². The summed E-state index contributed by atoms with van der Waals surface area (Å²) in [6, 6.07) is 3.01. The van der Waals surface area contributed by atoms with Crippen LogP contribution in [0.4, 0.5) is 4.39 Å². The van der Waals surface area contributed by atoms with Crippen LogP contribution in [0.2, 0.25) is 0 Å². The molecule has 2 rings (SSSR count). The molecule has 1 aliphatic heterocycles. The summed E-state index contributed by atoms with van der Waals surface area (Å²) < 4.78 is 41.0. The van der Waals surface area contributed by atoms with E-state index in [1.807, 2.05) is 6.92 Å². The van der Waals surface area contributed by atoms with Gasteiger partial charge < -0.3 is 5.32 Å². The van der Waals surface area contributed by atoms with Crippen LogP contribution in [0.3, 0.4) is 0 Å². The van der Waals surface area contributed by atoms with Crippen LogP contribution >= 0.6 is 0 Å². The van der Waals surface area contributed by atoms with E-state index in [0.717, 1.165) is 25.8 Å². The maximum absolute atomic E-state index is 14.1. The molecule has 21 heavy (non-hydrogen) atoms. The molecule has 1 aliphatic rings. The summed E-state index contributed by atoms with van der Waals surface area (Å²) in [6.45, 7) is 5.76. The van der Waals surface area contributed by atoms with E-state index >= 15 is 0 Å². The van der Waals surface area contributed by atoms with Gasteiger partial charge in [-0.05, 0) is 44.0 Å². The van der Waals surface area contributed by atoms with E-state index in [4.69, 9.17) is 0 Å². The van der Waals surface area contributed by atoms with Gasteiger partial charge in [0.15, 0.2) is 0 Å². The van der Waals surface area contributed by atoms with Crippen LogP contribution in [0.25, 0.3) is 0 Å². The summed E-state index contributed by atoms with van der Waals surface area (Å²) in [5.74, 6) is -0.457. The fourth-order valence-electron chi connectivity index (χ4n) is 2.59. The highest BCUT2D eigenvalue weighted by Crippen LogP contribution is 2.26. The lowest BCUT2D eigenvalue weighted by Gasteiger charge is -2.26. The largest absolute Gasteiger partial charge is 0.313 e. The summed E-state index contributed by atoms with van der Waals surface area (Å²) in [7, 11) is -3.60. The molecule has 0 unspecified atom stereocenters. The Balaban J connectivity index is 2.38. The normalized spacial score (nSPS) is 17.1. The molecule has 1 heterocycles. The first-order valence-corrected chi connectivity index (χ1v) is 8.90. The Morgan fingerprint density at radius 2 is 1.90 bits per heavy atom. The van der Waals surface area contributed by atoms with Gasteiger partial charge in [-0.25, -0.2) is 12.8 Å². The van der Waals surface area contributed by atoms with Gasteiger partial charge in [-0.1, -0.05) is 13.3 Å². The minimum Gasteiger partial charge on any atom is -0.313 e. The second-order valence-electron chi connectivity index (χ2n) is 5.45. The van der Waals surface area contributed by atoms with E-state index in [9.17, 15) is 12.8 Å². The predicted molar refractivity (Wildman–Crippen MR) is 81.1 cm³/mol. The molecule has 0 amide bonds. The standard InChI is InChI=1S/C15H23FN2O2S/c1-3-17-11-13-9-14(16)12(2)15(10-13)21(19,20)18-7-5-4-6-8-18/h9-10,17H,3-8,11H2,1-2H3. The molecule has 0 radical (unpaired) electrons. The van der Waals surface area contributed by atoms with E-state index in [0.29, 0.717) is 25.2 Å². The monoisotopic (exact) mass is 314 g/mol. The first-order valence-electron chi connectivity index (χ1n) is 7.46. The SMILES string of the molecule is CCNCc1cc(F)c(C)c(S(=O)(=O)N2CCCCC2)c1. The Kier molecular flexibility index (Phi) is 5.35. The first-order chi connectivity index (χ1) is 9.96. The highest BCUT2D eigenvalue weighted by molar-refractivity contribution is 7.89. The third-order valence-electron chi connectivity index (χ3n) is 3.87. The minimum atomic E-state index is -3.60. The molecule has 1 saturated heterocycles. The fraction of sp³-hybridized carbons (Fsp3) is 0.600. The molecule has 0 aliphatic carbocycles. The number of benzene rings is 1. The molecule has 1 aromatic carbocycles. The highest BCUT2D eigenvalue weighted by atomic mass is 32.2. The lowest BCUT2D eigenvalue weighted by atomic mass is 10.1. The van der Waals surface area contributed by atoms with Gasteiger partial charge in [0.25, 0.3) is 0 Å². The van der Waals surface area contributed by atoms with Crippen LogP contribution in [0.15, 0.2) is 17.0 Å². The van der Waals surface area contributed by atoms with Crippen molar-refractivity contribution < 1.29 is 12.8 Å². The van der Waals surface area contributed by atoms with Crippen molar-refractivity contribution in [3.63, 3.8) is 0 Å². The van der Waals surface area contributed by atoms with E-state index in [1.165, 1.54) is 17.3 Å². The number of rotatable bonds is 5. The zero-order chi connectivity index (χ0) is 15.5. The van der Waals surface area contributed by atoms with E-state index < -0.39 is 15.8 Å². The van der Waals surface area contributed by atoms with Crippen LogP contribution < -0.4 is 5.32 Å². The van der Waals surface area contributed by atoms with Gasteiger partial charge in [0, 0.05) is 25.2 Å². The van der Waals surface area contributed by atoms with E-state index in [-0.39, 0.29) is 10.5 Å². The van der Waals surface area contributed by atoms with Crippen LogP contribution in [-0.2, 0) is 16.6 Å². The van der Waals surface area contributed by atoms with Gasteiger partial charge in [-0.2, -0.15) is 4.31 Å². The molecule has 0 atom stereocenters. The molecular formula is C15H23FN2O2S. The summed E-state index contributed by atoms with van der Waals surface area (Å²) in [5, 5.41) is 3.09. The zero-order valence-electron chi connectivity index (χ0n) is 12.7. The van der Waals surface area contributed by atoms with Crippen LogP contribution in [0.5, 0.6) is 0 Å². The number of hydrogen-bond acceptors (Lipinski definition) is 3. The number of nitrogens with zero attached hydrogens (tertiary/aromatic N) is 1. The highest BCUT2D eigenvalue weighted by Gasteiger charge is 2.28. The molecule has 1 N–H and O–H groups in total. The maximum atomic E-state index is 14.1. The van der Waals surface area contributed by atoms with Crippen molar-refractivity contribution in [2.24, 2.45) is 0 Å². The van der Waals surface area contributed by atoms with Crippen molar-refractivity contribution in [2.75, 3.05) is 19.6 Å². The van der Waals surface area contributed by atoms with Crippen LogP contribution in [-0.4, -0.2) is 32.4 Å². The first kappa shape index (κ1) is 16.4. The Hall–Kier alpha value is -0.980. The van der Waals surface area contributed by atoms with E-state index in [1.54, 1.807) is 6.07 Å². The molecular weight excluding hydrogens is 291 g/mol. The van der Waals surface area contributed by atoms with Gasteiger partial charge in [0.1, 0.15) is 5.82 Å². The maximum Gasteiger partial charge on any atom is 0.243 e. The molecule has 0 spiro atoms. The smallest absolute Gasteiger partial charge is 0.243 e. The lowest BCUT2D eigenvalue weighted by molar-refractivity contribution is 0.346. The molecule has 1 aromatic rings. The van der Waals surface area contributed by atoms with E-state index in [2.05, 4.69) is 5.32 Å². The molecule has 4 nitrogen and oxygen atoms in total. The second-order valence-corrected chi connectivity index (χ2v) is 7.35. The van der Waals surface area contributed by atoms with Gasteiger partial charge in [0.05, 0.1) is 4.90 Å². The van der Waals surface area contributed by atoms with Crippen molar-refractivity contribution in [1.82, 2.24) is 9.62 Å². The van der Waals surface area contributed by atoms with Gasteiger partial charge in [-0.15, -0.1) is 0 Å². The minimum absolute atomic E-state index is 0.109. The van der Waals surface area contributed by atoms with Crippen molar-refractivity contribution in [3.05, 3.63) is 29.1 Å². The van der Waals surface area contributed by atoms with Gasteiger partial charge in [-0.3, -0.25) is 0 Å². The predicted octanol–water partition coefficient (Wildman–Crippen LogP) is 2.42. The van der Waals surface area contributed by atoms with Crippen LogP contribution in [0.1, 0.15) is 37.3 Å². The fourth-order valence-corrected chi connectivity index (χ4v) is 4.39. The van der Waals surface area contributed by atoms with Crippen molar-refractivity contribution in [2.45, 2.75) is 44.6 Å². The molecule has 0 saturated carbocycles. The Labute approximate surface area is 126 Å². The second kappa shape index (κ2) is 6.85. The van der Waals surface area contributed by atoms with Gasteiger partial charge in [0.2, 0.25) is 10.0 Å². The summed E-state index contributed by atoms with van der Waals surface area (Å²) in [5.41, 5.74) is 0.872. The summed E-state index contributed by atoms with van der Waals surface area (Å²) in [6.07, 6.45) is 2.80. The van der Waals surface area contributed by atoms with Crippen molar-refractivity contribution >= 4 is 10.0 Å². The number of piperidine rings is 1. The third-order valence-corrected chi connectivity index (χ3v) is 5.89. The Bertz CT molecular complexity index is 596. The molecule has 6 heteroatoms. The third kappa shape index (κ3) is 3.62. The van der Waals surface area contributed by atoms with Crippen molar-refractivity contribution in [3.8, 4) is 0 Å². The number of nitrogens with one attached hydrogen (secondary N) is 1. The Morgan fingerprint density at radius 3 is 2.52 bits per heavy atom. The molecule has 0 bridgehead atoms. The summed E-state index contributed by atoms with van der Waals surface area (Å²) >= 11 is 0. The lowest BCUT2D eigenvalue weighted by Crippen LogP contribution is -2.36. The number of sulfonamides is 1. The topological polar surface area (TPSA) is 49.4 Å². The quantitative estimate of drug-likeness (QED) is 0.908. The average Bonchev–Trinajstić information content (AvgIpc) is 2.49. The number of hydrogen-bond donors (Lipinski definition) is 1. The number of halogens is 1. The molecule has 118 valence electrons. The van der Waals surface area contributed by atoms with Gasteiger partial charge >= 0.3 is 0 Å². The zero-order valence-corrected chi connectivity index (χ0v) is 13.5. The average molecular weight is 314 g/mol. The summed E-state index contributed by atoms with van der Waals surface area (Å²) in [4.78, 5) is 0.109. The Morgan fingerprint density at radius 1 is 1.24 bits per heavy atom.